The predicted octanol–water partition coefficient (Wildman–Crippen LogP) is 8.16. The minimum Gasteiger partial charge on any atom is -0.330 e. The van der Waals surface area contributed by atoms with Crippen molar-refractivity contribution in [2.24, 2.45) is 0 Å². The predicted molar refractivity (Wildman–Crippen MR) is 122 cm³/mol. The highest BCUT2D eigenvalue weighted by Crippen LogP contribution is 2.59. The third kappa shape index (κ3) is 6.68. The van der Waals surface area contributed by atoms with E-state index in [0.29, 0.717) is 0 Å². The van der Waals surface area contributed by atoms with Crippen molar-refractivity contribution in [2.45, 2.75) is 117 Å². The summed E-state index contributed by atoms with van der Waals surface area (Å²) in [6.07, 6.45) is 0. The van der Waals surface area contributed by atoms with Crippen molar-refractivity contribution in [3.63, 3.8) is 0 Å². The average Bonchev–Trinajstić information content (AvgIpc) is 2.69. The van der Waals surface area contributed by atoms with Crippen LogP contribution in [0.15, 0.2) is 0 Å². The zero-order valence-electron chi connectivity index (χ0n) is 18.9. The molecular weight excluding hydrogens is 395 g/mol. The molecule has 0 saturated carbocycles. The van der Waals surface area contributed by atoms with E-state index in [0.717, 1.165) is 54.4 Å². The van der Waals surface area contributed by atoms with Gasteiger partial charge in [0.2, 0.25) is 25.0 Å². The summed E-state index contributed by atoms with van der Waals surface area (Å²) in [6.45, 7) is 19.5. The van der Waals surface area contributed by atoms with Crippen LogP contribution < -0.4 is 0 Å². The molecule has 0 radical (unpaired) electrons. The van der Waals surface area contributed by atoms with E-state index in [4.69, 9.17) is 12.6 Å². The first kappa shape index (κ1) is 26.8. The van der Waals surface area contributed by atoms with E-state index in [1.165, 1.54) is 0 Å². The second-order valence-electron chi connectivity index (χ2n) is 7.45. The molecule has 158 valence electrons. The first-order valence-corrected chi connectivity index (χ1v) is 19.9. The summed E-state index contributed by atoms with van der Waals surface area (Å²) in [5.74, 6) is 0. The van der Waals surface area contributed by atoms with Crippen molar-refractivity contribution in [3.05, 3.63) is 0 Å². The Morgan fingerprint density at radius 3 is 0.731 bits per heavy atom. The van der Waals surface area contributed by atoms with Gasteiger partial charge in [0, 0.05) is 0 Å². The van der Waals surface area contributed by atoms with E-state index in [2.05, 4.69) is 62.3 Å². The number of hydrogen-bond acceptors (Lipinski definition) is 4. The molecule has 0 rings (SSSR count). The smallest absolute Gasteiger partial charge is 0.330 e. The van der Waals surface area contributed by atoms with Gasteiger partial charge in [-0.3, -0.25) is 0 Å². The van der Waals surface area contributed by atoms with Gasteiger partial charge in [0.05, 0.1) is 0 Å². The van der Waals surface area contributed by atoms with E-state index < -0.39 is 32.8 Å². The fraction of sp³-hybridized carbons (Fsp3) is 1.00. The molecule has 0 aromatic heterocycles. The third-order valence-electron chi connectivity index (χ3n) is 6.72. The molecular formula is C18H45O4PSi3. The van der Waals surface area contributed by atoms with Gasteiger partial charge in [-0.25, -0.2) is 4.57 Å². The van der Waals surface area contributed by atoms with Crippen molar-refractivity contribution in [1.82, 2.24) is 0 Å². The summed E-state index contributed by atoms with van der Waals surface area (Å²) < 4.78 is 33.7. The standard InChI is InChI=1S/C18H45O4PSi3/c1-10-24(11-2,12-3)20-23(19,21-25(13-4,14-5)15-6)22-26(16-7,17-8)18-9/h10-18H2,1-9H3. The van der Waals surface area contributed by atoms with Crippen LogP contribution in [0.25, 0.3) is 0 Å². The second kappa shape index (κ2) is 11.7. The fourth-order valence-corrected chi connectivity index (χ4v) is 19.9. The van der Waals surface area contributed by atoms with E-state index in [-0.39, 0.29) is 0 Å². The first-order chi connectivity index (χ1) is 12.2. The fourth-order valence-electron chi connectivity index (χ4n) is 3.60. The van der Waals surface area contributed by atoms with Crippen LogP contribution in [-0.2, 0) is 17.2 Å². The SMILES string of the molecule is CC[Si](CC)(CC)OP(=O)(O[Si](CC)(CC)CC)O[Si](CC)(CC)CC. The largest absolute Gasteiger partial charge is 0.445 e. The Morgan fingerprint density at radius 1 is 0.462 bits per heavy atom. The molecule has 0 atom stereocenters. The van der Waals surface area contributed by atoms with Gasteiger partial charge in [-0.2, -0.15) is 0 Å². The molecule has 0 fully saturated rings. The van der Waals surface area contributed by atoms with Crippen LogP contribution in [0.1, 0.15) is 62.3 Å². The van der Waals surface area contributed by atoms with Crippen molar-refractivity contribution in [3.8, 4) is 0 Å². The summed E-state index contributed by atoms with van der Waals surface area (Å²) in [4.78, 5) is 0. The van der Waals surface area contributed by atoms with Gasteiger partial charge in [-0.15, -0.1) is 0 Å². The highest BCUT2D eigenvalue weighted by Gasteiger charge is 2.49. The monoisotopic (exact) mass is 440 g/mol. The summed E-state index contributed by atoms with van der Waals surface area (Å²) in [7, 11) is -9.84. The van der Waals surface area contributed by atoms with Gasteiger partial charge >= 0.3 is 7.82 Å². The van der Waals surface area contributed by atoms with E-state index >= 15 is 0 Å². The summed E-state index contributed by atoms with van der Waals surface area (Å²) in [5.41, 5.74) is 0. The Kier molecular flexibility index (Phi) is 12.0. The second-order valence-corrected chi connectivity index (χ2v) is 24.0. The first-order valence-electron chi connectivity index (χ1n) is 10.9. The Balaban J connectivity index is 6.04. The Morgan fingerprint density at radius 2 is 0.615 bits per heavy atom. The third-order valence-corrected chi connectivity index (χ3v) is 25.6. The van der Waals surface area contributed by atoms with Gasteiger partial charge in [0.1, 0.15) is 0 Å². The molecule has 0 aliphatic heterocycles. The molecule has 0 aromatic rings. The lowest BCUT2D eigenvalue weighted by Crippen LogP contribution is -2.43. The van der Waals surface area contributed by atoms with Gasteiger partial charge < -0.3 is 12.6 Å². The van der Waals surface area contributed by atoms with Gasteiger partial charge in [-0.1, -0.05) is 62.3 Å². The van der Waals surface area contributed by atoms with E-state index in [1.807, 2.05) is 0 Å². The van der Waals surface area contributed by atoms with Crippen molar-refractivity contribution < 1.29 is 17.2 Å². The lowest BCUT2D eigenvalue weighted by atomic mass is 10.9. The maximum Gasteiger partial charge on any atom is 0.445 e. The molecule has 0 unspecified atom stereocenters. The van der Waals surface area contributed by atoms with Crippen molar-refractivity contribution >= 4 is 32.8 Å². The molecule has 0 aliphatic carbocycles. The van der Waals surface area contributed by atoms with Gasteiger partial charge in [0.25, 0.3) is 0 Å². The average molecular weight is 441 g/mol. The topological polar surface area (TPSA) is 44.8 Å². The zero-order chi connectivity index (χ0) is 20.5. The van der Waals surface area contributed by atoms with Crippen molar-refractivity contribution in [2.75, 3.05) is 0 Å². The Bertz CT molecular complexity index is 350. The molecule has 0 aliphatic rings. The Labute approximate surface area is 166 Å². The summed E-state index contributed by atoms with van der Waals surface area (Å²) >= 11 is 0. The van der Waals surface area contributed by atoms with Gasteiger partial charge in [0.15, 0.2) is 0 Å². The minimum atomic E-state index is -3.55. The van der Waals surface area contributed by atoms with Crippen LogP contribution in [0.4, 0.5) is 0 Å². The molecule has 0 spiro atoms. The van der Waals surface area contributed by atoms with Crippen LogP contribution in [0.3, 0.4) is 0 Å². The van der Waals surface area contributed by atoms with Crippen LogP contribution in [0, 0.1) is 0 Å². The van der Waals surface area contributed by atoms with Crippen LogP contribution >= 0.6 is 7.82 Å². The number of phosphoric acid groups is 1. The molecule has 4 nitrogen and oxygen atoms in total. The molecule has 0 bridgehead atoms. The van der Waals surface area contributed by atoms with Crippen LogP contribution in [0.2, 0.25) is 54.4 Å². The highest BCUT2D eigenvalue weighted by molar-refractivity contribution is 7.54. The molecule has 0 aromatic carbocycles. The van der Waals surface area contributed by atoms with Crippen molar-refractivity contribution in [1.29, 1.82) is 0 Å². The molecule has 8 heteroatoms. The molecule has 0 heterocycles. The van der Waals surface area contributed by atoms with E-state index in [1.54, 1.807) is 0 Å². The quantitative estimate of drug-likeness (QED) is 0.190. The molecule has 26 heavy (non-hydrogen) atoms. The number of rotatable bonds is 15. The van der Waals surface area contributed by atoms with E-state index in [9.17, 15) is 4.57 Å². The van der Waals surface area contributed by atoms with Crippen LogP contribution in [0.5, 0.6) is 0 Å². The maximum absolute atomic E-state index is 14.1. The highest BCUT2D eigenvalue weighted by atomic mass is 31.2. The van der Waals surface area contributed by atoms with Crippen LogP contribution in [-0.4, -0.2) is 25.0 Å². The summed E-state index contributed by atoms with van der Waals surface area (Å²) in [5, 5.41) is 0. The minimum absolute atomic E-state index is 0.953. The lowest BCUT2D eigenvalue weighted by Gasteiger charge is -2.41. The summed E-state index contributed by atoms with van der Waals surface area (Å²) in [6, 6.07) is 8.58. The number of hydrogen-bond donors (Lipinski definition) is 0. The van der Waals surface area contributed by atoms with Gasteiger partial charge in [-0.05, 0) is 54.4 Å². The zero-order valence-corrected chi connectivity index (χ0v) is 22.8. The lowest BCUT2D eigenvalue weighted by molar-refractivity contribution is 0.281. The normalized spacial score (nSPS) is 14.0. The molecule has 0 amide bonds. The Hall–Kier alpha value is 0.761. The molecule has 0 N–H and O–H groups in total. The maximum atomic E-state index is 14.1. The molecule has 0 saturated heterocycles.